The summed E-state index contributed by atoms with van der Waals surface area (Å²) in [6.07, 6.45) is 2.24. The van der Waals surface area contributed by atoms with Gasteiger partial charge in [0.1, 0.15) is 5.82 Å². The number of fused-ring (bicyclic) bond motifs is 1. The molecule has 0 radical (unpaired) electrons. The van der Waals surface area contributed by atoms with Crippen LogP contribution in [0.2, 0.25) is 0 Å². The van der Waals surface area contributed by atoms with Crippen molar-refractivity contribution in [3.8, 4) is 0 Å². The Morgan fingerprint density at radius 1 is 1.15 bits per heavy atom. The largest absolute Gasteiger partial charge is 0.346 e. The molecule has 2 heterocycles. The van der Waals surface area contributed by atoms with E-state index in [1.54, 1.807) is 17.0 Å². The van der Waals surface area contributed by atoms with Gasteiger partial charge in [-0.25, -0.2) is 9.18 Å². The molecule has 6 heteroatoms. The number of piperidine rings is 1. The number of urea groups is 1. The highest BCUT2D eigenvalue weighted by Gasteiger charge is 2.41. The molecule has 3 amide bonds. The van der Waals surface area contributed by atoms with Gasteiger partial charge in [-0.05, 0) is 48.6 Å². The maximum Gasteiger partial charge on any atom is 0.317 e. The number of rotatable bonds is 2. The first-order chi connectivity index (χ1) is 13.0. The molecule has 0 saturated carbocycles. The topological polar surface area (TPSA) is 61.4 Å². The van der Waals surface area contributed by atoms with Crippen LogP contribution in [0.4, 0.5) is 9.18 Å². The van der Waals surface area contributed by atoms with Crippen LogP contribution >= 0.6 is 0 Å². The van der Waals surface area contributed by atoms with E-state index in [1.807, 2.05) is 24.3 Å². The molecule has 1 spiro atoms. The molecular weight excluding hydrogens is 345 g/mol. The second-order valence-electron chi connectivity index (χ2n) is 7.34. The molecule has 2 aromatic rings. The second-order valence-corrected chi connectivity index (χ2v) is 7.34. The van der Waals surface area contributed by atoms with E-state index in [0.29, 0.717) is 19.6 Å². The van der Waals surface area contributed by atoms with Gasteiger partial charge < -0.3 is 15.5 Å². The fourth-order valence-corrected chi connectivity index (χ4v) is 3.99. The third kappa shape index (κ3) is 3.65. The Morgan fingerprint density at radius 2 is 1.93 bits per heavy atom. The van der Waals surface area contributed by atoms with Crippen LogP contribution in [-0.4, -0.2) is 35.5 Å². The smallest absolute Gasteiger partial charge is 0.317 e. The van der Waals surface area contributed by atoms with E-state index in [4.69, 9.17) is 0 Å². The van der Waals surface area contributed by atoms with Gasteiger partial charge in [-0.15, -0.1) is 0 Å². The van der Waals surface area contributed by atoms with Crippen LogP contribution in [0.3, 0.4) is 0 Å². The molecule has 0 aromatic heterocycles. The molecule has 1 saturated heterocycles. The first-order valence-corrected chi connectivity index (χ1v) is 9.22. The van der Waals surface area contributed by atoms with Crippen LogP contribution < -0.4 is 10.6 Å². The number of halogens is 1. The summed E-state index contributed by atoms with van der Waals surface area (Å²) in [6, 6.07) is 13.8. The van der Waals surface area contributed by atoms with Crippen LogP contribution in [0.5, 0.6) is 0 Å². The van der Waals surface area contributed by atoms with Crippen LogP contribution in [0.15, 0.2) is 48.5 Å². The fraction of sp³-hybridized carbons (Fsp3) is 0.333. The van der Waals surface area contributed by atoms with Crippen LogP contribution in [0, 0.1) is 5.82 Å². The summed E-state index contributed by atoms with van der Waals surface area (Å²) in [5, 5.41) is 6.02. The zero-order valence-electron chi connectivity index (χ0n) is 15.0. The van der Waals surface area contributed by atoms with Gasteiger partial charge in [-0.2, -0.15) is 0 Å². The zero-order valence-corrected chi connectivity index (χ0v) is 15.0. The highest BCUT2D eigenvalue weighted by atomic mass is 19.1. The monoisotopic (exact) mass is 367 g/mol. The van der Waals surface area contributed by atoms with Crippen molar-refractivity contribution in [2.75, 3.05) is 13.1 Å². The van der Waals surface area contributed by atoms with E-state index in [9.17, 15) is 14.0 Å². The third-order valence-electron chi connectivity index (χ3n) is 5.51. The average molecular weight is 367 g/mol. The Hall–Kier alpha value is -2.89. The molecule has 0 atom stereocenters. The highest BCUT2D eigenvalue weighted by molar-refractivity contribution is 5.97. The number of nitrogens with zero attached hydrogens (tertiary/aromatic N) is 1. The lowest BCUT2D eigenvalue weighted by atomic mass is 9.78. The minimum atomic E-state index is -0.310. The van der Waals surface area contributed by atoms with E-state index in [0.717, 1.165) is 36.0 Å². The van der Waals surface area contributed by atoms with E-state index < -0.39 is 0 Å². The van der Waals surface area contributed by atoms with Crippen molar-refractivity contribution in [1.29, 1.82) is 0 Å². The standard InChI is InChI=1S/C21H22FN3O2/c22-17-6-3-4-15(12-17)14-23-20(27)25-10-8-21(9-11-25)13-16-5-1-2-7-18(16)19(26)24-21/h1-7,12H,8-11,13-14H2,(H,23,27)(H,24,26). The molecule has 0 unspecified atom stereocenters. The first kappa shape index (κ1) is 17.5. The number of likely N-dealkylation sites (tertiary alicyclic amines) is 1. The molecule has 0 bridgehead atoms. The summed E-state index contributed by atoms with van der Waals surface area (Å²) in [5.41, 5.74) is 2.28. The Bertz CT molecular complexity index is 875. The molecule has 2 aliphatic rings. The molecule has 2 N–H and O–H groups in total. The molecule has 5 nitrogen and oxygen atoms in total. The lowest BCUT2D eigenvalue weighted by molar-refractivity contribution is 0.0803. The number of amides is 3. The second kappa shape index (κ2) is 7.02. The summed E-state index contributed by atoms with van der Waals surface area (Å²) >= 11 is 0. The van der Waals surface area contributed by atoms with Gasteiger partial charge in [0, 0.05) is 30.7 Å². The van der Waals surface area contributed by atoms with Crippen molar-refractivity contribution in [3.63, 3.8) is 0 Å². The molecule has 27 heavy (non-hydrogen) atoms. The van der Waals surface area contributed by atoms with Gasteiger partial charge in [0.15, 0.2) is 0 Å². The Balaban J connectivity index is 1.35. The van der Waals surface area contributed by atoms with Gasteiger partial charge in [0.25, 0.3) is 5.91 Å². The third-order valence-corrected chi connectivity index (χ3v) is 5.51. The SMILES string of the molecule is O=C1NC2(CCN(C(=O)NCc3cccc(F)c3)CC2)Cc2ccccc21. The minimum absolute atomic E-state index is 0.0270. The van der Waals surface area contributed by atoms with Crippen LogP contribution in [0.1, 0.15) is 34.3 Å². The van der Waals surface area contributed by atoms with Crippen molar-refractivity contribution < 1.29 is 14.0 Å². The van der Waals surface area contributed by atoms with Crippen molar-refractivity contribution in [2.24, 2.45) is 0 Å². The van der Waals surface area contributed by atoms with Crippen molar-refractivity contribution in [2.45, 2.75) is 31.3 Å². The van der Waals surface area contributed by atoms with Crippen LogP contribution in [0.25, 0.3) is 0 Å². The summed E-state index contributed by atoms with van der Waals surface area (Å²) in [4.78, 5) is 26.6. The molecule has 2 aliphatic heterocycles. The quantitative estimate of drug-likeness (QED) is 0.857. The number of carbonyl (C=O) groups is 2. The molecule has 4 rings (SSSR count). The van der Waals surface area contributed by atoms with E-state index in [-0.39, 0.29) is 23.3 Å². The predicted molar refractivity (Wildman–Crippen MR) is 99.8 cm³/mol. The van der Waals surface area contributed by atoms with Crippen molar-refractivity contribution in [1.82, 2.24) is 15.5 Å². The molecule has 140 valence electrons. The van der Waals surface area contributed by atoms with Crippen LogP contribution in [-0.2, 0) is 13.0 Å². The van der Waals surface area contributed by atoms with Gasteiger partial charge in [-0.1, -0.05) is 30.3 Å². The summed E-state index contributed by atoms with van der Waals surface area (Å²) in [7, 11) is 0. The fourth-order valence-electron chi connectivity index (χ4n) is 3.99. The number of hydrogen-bond acceptors (Lipinski definition) is 2. The van der Waals surface area contributed by atoms with E-state index in [2.05, 4.69) is 10.6 Å². The molecular formula is C21H22FN3O2. The normalized spacial score (nSPS) is 18.0. The Kier molecular flexibility index (Phi) is 4.56. The summed E-state index contributed by atoms with van der Waals surface area (Å²) < 4.78 is 13.2. The molecule has 2 aromatic carbocycles. The van der Waals surface area contributed by atoms with E-state index >= 15 is 0 Å². The van der Waals surface area contributed by atoms with Crippen molar-refractivity contribution in [3.05, 3.63) is 71.0 Å². The number of benzene rings is 2. The summed E-state index contributed by atoms with van der Waals surface area (Å²) in [5.74, 6) is -0.337. The zero-order chi connectivity index (χ0) is 18.9. The average Bonchev–Trinajstić information content (AvgIpc) is 2.67. The Morgan fingerprint density at radius 3 is 2.70 bits per heavy atom. The molecule has 1 fully saturated rings. The number of carbonyl (C=O) groups excluding carboxylic acids is 2. The number of nitrogens with one attached hydrogen (secondary N) is 2. The Labute approximate surface area is 157 Å². The highest BCUT2D eigenvalue weighted by Crippen LogP contribution is 2.31. The van der Waals surface area contributed by atoms with Gasteiger partial charge in [0.05, 0.1) is 0 Å². The predicted octanol–water partition coefficient (Wildman–Crippen LogP) is 2.86. The first-order valence-electron chi connectivity index (χ1n) is 9.22. The summed E-state index contributed by atoms with van der Waals surface area (Å²) in [6.45, 7) is 1.46. The van der Waals surface area contributed by atoms with Crippen molar-refractivity contribution >= 4 is 11.9 Å². The maximum atomic E-state index is 13.2. The maximum absolute atomic E-state index is 13.2. The molecule has 0 aliphatic carbocycles. The number of hydrogen-bond donors (Lipinski definition) is 2. The van der Waals surface area contributed by atoms with Gasteiger partial charge >= 0.3 is 6.03 Å². The van der Waals surface area contributed by atoms with Gasteiger partial charge in [-0.3, -0.25) is 4.79 Å². The van der Waals surface area contributed by atoms with E-state index in [1.165, 1.54) is 12.1 Å². The lowest BCUT2D eigenvalue weighted by Gasteiger charge is -2.44. The van der Waals surface area contributed by atoms with Gasteiger partial charge in [0.2, 0.25) is 0 Å². The minimum Gasteiger partial charge on any atom is -0.346 e. The lowest BCUT2D eigenvalue weighted by Crippen LogP contribution is -2.60.